The number of benzene rings is 2. The molecule has 1 amide bonds. The van der Waals surface area contributed by atoms with Gasteiger partial charge in [-0.05, 0) is 35.9 Å². The maximum absolute atomic E-state index is 11.5. The Morgan fingerprint density at radius 3 is 2.62 bits per heavy atom. The van der Waals surface area contributed by atoms with Crippen LogP contribution in [0.25, 0.3) is 0 Å². The number of carbonyl (C=O) groups excluding carboxylic acids is 1. The first-order valence-electron chi connectivity index (χ1n) is 7.14. The molecule has 2 aromatic rings. The van der Waals surface area contributed by atoms with E-state index in [0.717, 1.165) is 4.47 Å². The number of hydrogen-bond acceptors (Lipinski definition) is 3. The van der Waals surface area contributed by atoms with E-state index in [9.17, 15) is 14.7 Å². The number of carboxylic acid groups (broad SMARTS) is 1. The van der Waals surface area contributed by atoms with Crippen LogP contribution in [-0.2, 0) is 11.4 Å². The lowest BCUT2D eigenvalue weighted by atomic mass is 10.1. The Morgan fingerprint density at radius 1 is 1.25 bits per heavy atom. The van der Waals surface area contributed by atoms with Crippen LogP contribution in [0.4, 0.5) is 5.69 Å². The summed E-state index contributed by atoms with van der Waals surface area (Å²) < 4.78 is 6.46. The van der Waals surface area contributed by atoms with Gasteiger partial charge in [0.05, 0.1) is 16.3 Å². The Bertz CT molecular complexity index is 779. The molecule has 0 spiro atoms. The molecule has 126 valence electrons. The zero-order valence-electron chi connectivity index (χ0n) is 12.8. The molecule has 2 rings (SSSR count). The van der Waals surface area contributed by atoms with Gasteiger partial charge in [0.15, 0.2) is 0 Å². The molecule has 0 unspecified atom stereocenters. The van der Waals surface area contributed by atoms with Crippen molar-refractivity contribution in [3.8, 4) is 5.75 Å². The highest BCUT2D eigenvalue weighted by molar-refractivity contribution is 9.10. The predicted octanol–water partition coefficient (Wildman–Crippen LogP) is 4.73. The van der Waals surface area contributed by atoms with Crippen molar-refractivity contribution in [3.05, 3.63) is 57.0 Å². The van der Waals surface area contributed by atoms with Crippen molar-refractivity contribution in [1.29, 1.82) is 0 Å². The number of halogens is 2. The molecular formula is C17H15BrClNO4. The van der Waals surface area contributed by atoms with E-state index in [4.69, 9.17) is 16.3 Å². The molecule has 24 heavy (non-hydrogen) atoms. The second kappa shape index (κ2) is 8.17. The van der Waals surface area contributed by atoms with Gasteiger partial charge in [0.2, 0.25) is 5.91 Å². The minimum Gasteiger partial charge on any atom is -0.487 e. The van der Waals surface area contributed by atoms with Crippen molar-refractivity contribution in [1.82, 2.24) is 0 Å². The first-order chi connectivity index (χ1) is 11.4. The summed E-state index contributed by atoms with van der Waals surface area (Å²) >= 11 is 9.39. The van der Waals surface area contributed by atoms with Crippen molar-refractivity contribution in [2.24, 2.45) is 0 Å². The number of nitrogens with one attached hydrogen (secondary N) is 1. The van der Waals surface area contributed by atoms with Gasteiger partial charge in [-0.25, -0.2) is 4.79 Å². The topological polar surface area (TPSA) is 75.6 Å². The van der Waals surface area contributed by atoms with E-state index in [1.54, 1.807) is 37.3 Å². The van der Waals surface area contributed by atoms with Gasteiger partial charge in [-0.3, -0.25) is 4.79 Å². The summed E-state index contributed by atoms with van der Waals surface area (Å²) in [4.78, 5) is 22.9. The molecule has 0 aliphatic carbocycles. The highest BCUT2D eigenvalue weighted by Gasteiger charge is 2.13. The monoisotopic (exact) mass is 411 g/mol. The van der Waals surface area contributed by atoms with Crippen molar-refractivity contribution < 1.29 is 19.4 Å². The predicted molar refractivity (Wildman–Crippen MR) is 95.8 cm³/mol. The number of amides is 1. The van der Waals surface area contributed by atoms with Crippen LogP contribution < -0.4 is 10.1 Å². The second-order valence-corrected chi connectivity index (χ2v) is 6.27. The lowest BCUT2D eigenvalue weighted by Gasteiger charge is -2.12. The molecule has 0 saturated heterocycles. The maximum Gasteiger partial charge on any atom is 0.337 e. The van der Waals surface area contributed by atoms with Gasteiger partial charge < -0.3 is 15.2 Å². The lowest BCUT2D eigenvalue weighted by Crippen LogP contribution is -2.13. The molecular weight excluding hydrogens is 398 g/mol. The van der Waals surface area contributed by atoms with Crippen molar-refractivity contribution in [2.45, 2.75) is 20.0 Å². The average Bonchev–Trinajstić information content (AvgIpc) is 2.54. The molecule has 5 nitrogen and oxygen atoms in total. The number of hydrogen-bond donors (Lipinski definition) is 2. The van der Waals surface area contributed by atoms with E-state index >= 15 is 0 Å². The molecule has 0 bridgehead atoms. The van der Waals surface area contributed by atoms with Gasteiger partial charge in [-0.15, -0.1) is 0 Å². The third-order valence-corrected chi connectivity index (χ3v) is 3.99. The summed E-state index contributed by atoms with van der Waals surface area (Å²) in [5.41, 5.74) is 0.931. The Morgan fingerprint density at radius 2 is 2.00 bits per heavy atom. The SMILES string of the molecule is CCC(=O)Nc1ccc(COc2ccc(Br)cc2Cl)cc1C(=O)O. The molecule has 7 heteroatoms. The Hall–Kier alpha value is -2.05. The van der Waals surface area contributed by atoms with Gasteiger partial charge in [0.1, 0.15) is 12.4 Å². The zero-order valence-corrected chi connectivity index (χ0v) is 15.1. The largest absolute Gasteiger partial charge is 0.487 e. The number of rotatable bonds is 6. The van der Waals surface area contributed by atoms with Gasteiger partial charge in [-0.1, -0.05) is 40.5 Å². The number of anilines is 1. The fourth-order valence-corrected chi connectivity index (χ4v) is 2.69. The van der Waals surface area contributed by atoms with E-state index in [0.29, 0.717) is 16.3 Å². The average molecular weight is 413 g/mol. The molecule has 0 fully saturated rings. The summed E-state index contributed by atoms with van der Waals surface area (Å²) in [6.45, 7) is 1.85. The fourth-order valence-electron chi connectivity index (χ4n) is 1.96. The van der Waals surface area contributed by atoms with Crippen LogP contribution in [-0.4, -0.2) is 17.0 Å². The zero-order chi connectivity index (χ0) is 17.7. The van der Waals surface area contributed by atoms with Crippen molar-refractivity contribution >= 4 is 45.1 Å². The van der Waals surface area contributed by atoms with Crippen molar-refractivity contribution in [2.75, 3.05) is 5.32 Å². The smallest absolute Gasteiger partial charge is 0.337 e. The molecule has 0 atom stereocenters. The molecule has 0 saturated carbocycles. The summed E-state index contributed by atoms with van der Waals surface area (Å²) in [7, 11) is 0. The number of carbonyl (C=O) groups is 2. The Kier molecular flexibility index (Phi) is 6.23. The van der Waals surface area contributed by atoms with Gasteiger partial charge in [-0.2, -0.15) is 0 Å². The maximum atomic E-state index is 11.5. The molecule has 0 radical (unpaired) electrons. The number of aromatic carboxylic acids is 1. The highest BCUT2D eigenvalue weighted by atomic mass is 79.9. The summed E-state index contributed by atoms with van der Waals surface area (Å²) in [5.74, 6) is -0.867. The minimum atomic E-state index is -1.12. The molecule has 0 aromatic heterocycles. The second-order valence-electron chi connectivity index (χ2n) is 4.95. The van der Waals surface area contributed by atoms with Crippen LogP contribution in [0.3, 0.4) is 0 Å². The summed E-state index contributed by atoms with van der Waals surface area (Å²) in [6.07, 6.45) is 0.270. The first-order valence-corrected chi connectivity index (χ1v) is 8.31. The normalized spacial score (nSPS) is 10.3. The van der Waals surface area contributed by atoms with Crippen LogP contribution in [0.5, 0.6) is 5.75 Å². The van der Waals surface area contributed by atoms with E-state index in [2.05, 4.69) is 21.2 Å². The summed E-state index contributed by atoms with van der Waals surface area (Å²) in [6, 6.07) is 9.96. The van der Waals surface area contributed by atoms with Gasteiger partial charge in [0, 0.05) is 10.9 Å². The lowest BCUT2D eigenvalue weighted by molar-refractivity contribution is -0.115. The van der Waals surface area contributed by atoms with Gasteiger partial charge in [0.25, 0.3) is 0 Å². The van der Waals surface area contributed by atoms with Crippen molar-refractivity contribution in [3.63, 3.8) is 0 Å². The van der Waals surface area contributed by atoms with E-state index in [1.807, 2.05) is 0 Å². The number of ether oxygens (including phenoxy) is 1. The third kappa shape index (κ3) is 4.72. The fraction of sp³-hybridized carbons (Fsp3) is 0.176. The number of carboxylic acids is 1. The quantitative estimate of drug-likeness (QED) is 0.719. The van der Waals surface area contributed by atoms with Crippen LogP contribution in [0, 0.1) is 0 Å². The van der Waals surface area contributed by atoms with E-state index in [1.165, 1.54) is 6.07 Å². The molecule has 0 aliphatic rings. The molecule has 2 N–H and O–H groups in total. The van der Waals surface area contributed by atoms with Crippen LogP contribution >= 0.6 is 27.5 Å². The van der Waals surface area contributed by atoms with E-state index < -0.39 is 5.97 Å². The van der Waals surface area contributed by atoms with Crippen LogP contribution in [0.2, 0.25) is 5.02 Å². The first kappa shape index (κ1) is 18.3. The minimum absolute atomic E-state index is 0.0137. The standard InChI is InChI=1S/C17H15BrClNO4/c1-2-16(21)20-14-5-3-10(7-12(14)17(22)23)9-24-15-6-4-11(18)8-13(15)19/h3-8H,2,9H2,1H3,(H,20,21)(H,22,23). The molecule has 0 aliphatic heterocycles. The third-order valence-electron chi connectivity index (χ3n) is 3.20. The van der Waals surface area contributed by atoms with E-state index in [-0.39, 0.29) is 30.2 Å². The highest BCUT2D eigenvalue weighted by Crippen LogP contribution is 2.28. The summed E-state index contributed by atoms with van der Waals surface area (Å²) in [5, 5.41) is 12.3. The van der Waals surface area contributed by atoms with Crippen LogP contribution in [0.1, 0.15) is 29.3 Å². The van der Waals surface area contributed by atoms with Gasteiger partial charge >= 0.3 is 5.97 Å². The molecule has 2 aromatic carbocycles. The Balaban J connectivity index is 2.17. The van der Waals surface area contributed by atoms with Crippen LogP contribution in [0.15, 0.2) is 40.9 Å². The molecule has 0 heterocycles. The Labute approximate surface area is 152 Å².